The third kappa shape index (κ3) is 2.94. The Morgan fingerprint density at radius 2 is 2.32 bits per heavy atom. The molecule has 2 aromatic rings. The molecule has 6 heteroatoms. The SMILES string of the molecule is CCc1ncsc1C(=O)N(C)C[C@H]1CCCc2sc(C)nc21. The molecule has 1 atom stereocenters. The van der Waals surface area contributed by atoms with Crippen LogP contribution in [0.25, 0.3) is 0 Å². The number of hydrogen-bond donors (Lipinski definition) is 0. The third-order valence-electron chi connectivity index (χ3n) is 4.19. The van der Waals surface area contributed by atoms with Crippen LogP contribution in [0.1, 0.15) is 56.6 Å². The molecule has 0 aliphatic heterocycles. The summed E-state index contributed by atoms with van der Waals surface area (Å²) >= 11 is 3.26. The molecule has 3 rings (SSSR count). The van der Waals surface area contributed by atoms with E-state index < -0.39 is 0 Å². The minimum atomic E-state index is 0.0958. The first-order valence-corrected chi connectivity index (χ1v) is 9.43. The minimum Gasteiger partial charge on any atom is -0.340 e. The second-order valence-corrected chi connectivity index (χ2v) is 7.94. The van der Waals surface area contributed by atoms with Crippen molar-refractivity contribution in [3.05, 3.63) is 31.7 Å². The molecule has 0 bridgehead atoms. The van der Waals surface area contributed by atoms with Gasteiger partial charge in [-0.3, -0.25) is 4.79 Å². The molecule has 4 nitrogen and oxygen atoms in total. The van der Waals surface area contributed by atoms with Gasteiger partial charge >= 0.3 is 0 Å². The quantitative estimate of drug-likeness (QED) is 0.856. The highest BCUT2D eigenvalue weighted by molar-refractivity contribution is 7.12. The van der Waals surface area contributed by atoms with Gasteiger partial charge in [-0.1, -0.05) is 6.92 Å². The Labute approximate surface area is 139 Å². The number of aryl methyl sites for hydroxylation is 3. The van der Waals surface area contributed by atoms with E-state index in [1.54, 1.807) is 5.51 Å². The first-order chi connectivity index (χ1) is 10.6. The molecular formula is C16H21N3OS2. The van der Waals surface area contributed by atoms with Gasteiger partial charge in [0.1, 0.15) is 4.88 Å². The van der Waals surface area contributed by atoms with Crippen molar-refractivity contribution >= 4 is 28.6 Å². The van der Waals surface area contributed by atoms with Crippen LogP contribution < -0.4 is 0 Å². The summed E-state index contributed by atoms with van der Waals surface area (Å²) in [6.07, 6.45) is 4.26. The maximum absolute atomic E-state index is 12.7. The fourth-order valence-electron chi connectivity index (χ4n) is 3.09. The molecule has 0 spiro atoms. The van der Waals surface area contributed by atoms with Crippen molar-refractivity contribution in [2.24, 2.45) is 0 Å². The second kappa shape index (κ2) is 6.46. The van der Waals surface area contributed by atoms with Crippen LogP contribution in [0.4, 0.5) is 0 Å². The largest absolute Gasteiger partial charge is 0.340 e. The molecule has 0 N–H and O–H groups in total. The summed E-state index contributed by atoms with van der Waals surface area (Å²) in [6.45, 7) is 4.85. The van der Waals surface area contributed by atoms with E-state index in [1.807, 2.05) is 30.2 Å². The number of nitrogens with zero attached hydrogens (tertiary/aromatic N) is 3. The molecule has 0 fully saturated rings. The standard InChI is InChI=1S/C16H21N3OS2/c1-4-12-15(21-9-17-12)16(20)19(3)8-11-6-5-7-13-14(11)18-10(2)22-13/h9,11H,4-8H2,1-3H3/t11-/m1/s1. The summed E-state index contributed by atoms with van der Waals surface area (Å²) in [5.41, 5.74) is 3.91. The lowest BCUT2D eigenvalue weighted by Crippen LogP contribution is -2.32. The first kappa shape index (κ1) is 15.6. The van der Waals surface area contributed by atoms with Crippen LogP contribution in [0.2, 0.25) is 0 Å². The summed E-state index contributed by atoms with van der Waals surface area (Å²) in [7, 11) is 1.90. The maximum Gasteiger partial charge on any atom is 0.265 e. The number of hydrogen-bond acceptors (Lipinski definition) is 5. The van der Waals surface area contributed by atoms with Crippen molar-refractivity contribution in [2.45, 2.75) is 45.4 Å². The lowest BCUT2D eigenvalue weighted by atomic mass is 9.90. The van der Waals surface area contributed by atoms with Gasteiger partial charge in [0.2, 0.25) is 0 Å². The average molecular weight is 335 g/mol. The number of thiazole rings is 2. The molecule has 0 saturated heterocycles. The van der Waals surface area contributed by atoms with E-state index in [0.29, 0.717) is 5.92 Å². The number of likely N-dealkylation sites (N-methyl/N-ethyl adjacent to an activating group) is 1. The second-order valence-electron chi connectivity index (χ2n) is 5.80. The molecule has 2 aromatic heterocycles. The van der Waals surface area contributed by atoms with E-state index in [9.17, 15) is 4.79 Å². The van der Waals surface area contributed by atoms with Crippen molar-refractivity contribution in [1.82, 2.24) is 14.9 Å². The normalized spacial score (nSPS) is 17.3. The number of carbonyl (C=O) groups is 1. The Kier molecular flexibility index (Phi) is 4.59. The summed E-state index contributed by atoms with van der Waals surface area (Å²) in [5, 5.41) is 1.14. The number of rotatable bonds is 4. The molecule has 1 aliphatic carbocycles. The monoisotopic (exact) mass is 335 g/mol. The fraction of sp³-hybridized carbons (Fsp3) is 0.562. The van der Waals surface area contributed by atoms with Gasteiger partial charge in [-0.05, 0) is 32.6 Å². The Morgan fingerprint density at radius 1 is 1.50 bits per heavy atom. The van der Waals surface area contributed by atoms with Crippen molar-refractivity contribution in [3.63, 3.8) is 0 Å². The molecule has 0 radical (unpaired) electrons. The summed E-state index contributed by atoms with van der Waals surface area (Å²) in [5.74, 6) is 0.471. The van der Waals surface area contributed by atoms with E-state index in [0.717, 1.165) is 41.4 Å². The van der Waals surface area contributed by atoms with Crippen LogP contribution in [-0.2, 0) is 12.8 Å². The van der Waals surface area contributed by atoms with Gasteiger partial charge in [0.05, 0.1) is 21.9 Å². The third-order valence-corrected chi connectivity index (χ3v) is 6.09. The Balaban J connectivity index is 1.75. The number of amides is 1. The molecule has 0 aromatic carbocycles. The molecule has 118 valence electrons. The van der Waals surface area contributed by atoms with Crippen LogP contribution in [0, 0.1) is 6.92 Å². The van der Waals surface area contributed by atoms with Gasteiger partial charge < -0.3 is 4.90 Å². The van der Waals surface area contributed by atoms with E-state index in [2.05, 4.69) is 11.9 Å². The summed E-state index contributed by atoms with van der Waals surface area (Å²) < 4.78 is 0. The lowest BCUT2D eigenvalue weighted by molar-refractivity contribution is 0.0786. The Bertz CT molecular complexity index is 677. The van der Waals surface area contributed by atoms with Gasteiger partial charge in [-0.15, -0.1) is 22.7 Å². The average Bonchev–Trinajstić information content (AvgIpc) is 3.11. The molecule has 22 heavy (non-hydrogen) atoms. The van der Waals surface area contributed by atoms with Crippen molar-refractivity contribution in [2.75, 3.05) is 13.6 Å². The summed E-state index contributed by atoms with van der Waals surface area (Å²) in [6, 6.07) is 0. The van der Waals surface area contributed by atoms with Crippen molar-refractivity contribution in [1.29, 1.82) is 0 Å². The van der Waals surface area contributed by atoms with Crippen LogP contribution in [0.15, 0.2) is 5.51 Å². The minimum absolute atomic E-state index is 0.0958. The zero-order valence-corrected chi connectivity index (χ0v) is 14.9. The highest BCUT2D eigenvalue weighted by Crippen LogP contribution is 2.35. The number of aromatic nitrogens is 2. The van der Waals surface area contributed by atoms with Gasteiger partial charge in [0.25, 0.3) is 5.91 Å². The van der Waals surface area contributed by atoms with Crippen LogP contribution >= 0.6 is 22.7 Å². The van der Waals surface area contributed by atoms with Gasteiger partial charge in [0.15, 0.2) is 0 Å². The molecular weight excluding hydrogens is 314 g/mol. The van der Waals surface area contributed by atoms with Crippen LogP contribution in [0.3, 0.4) is 0 Å². The van der Waals surface area contributed by atoms with Crippen molar-refractivity contribution in [3.8, 4) is 0 Å². The Hall–Kier alpha value is -1.27. The zero-order valence-electron chi connectivity index (χ0n) is 13.3. The number of carbonyl (C=O) groups excluding carboxylic acids is 1. The van der Waals surface area contributed by atoms with E-state index in [1.165, 1.54) is 28.3 Å². The molecule has 2 heterocycles. The lowest BCUT2D eigenvalue weighted by Gasteiger charge is -2.26. The van der Waals surface area contributed by atoms with Gasteiger partial charge in [-0.25, -0.2) is 9.97 Å². The molecule has 0 saturated carbocycles. The fourth-order valence-corrected chi connectivity index (χ4v) is 5.03. The van der Waals surface area contributed by atoms with Crippen LogP contribution in [0.5, 0.6) is 0 Å². The highest BCUT2D eigenvalue weighted by Gasteiger charge is 2.27. The highest BCUT2D eigenvalue weighted by atomic mass is 32.1. The zero-order chi connectivity index (χ0) is 15.7. The summed E-state index contributed by atoms with van der Waals surface area (Å²) in [4.78, 5) is 25.7. The van der Waals surface area contributed by atoms with Gasteiger partial charge in [0, 0.05) is 24.4 Å². The van der Waals surface area contributed by atoms with Gasteiger partial charge in [-0.2, -0.15) is 0 Å². The van der Waals surface area contributed by atoms with E-state index >= 15 is 0 Å². The number of fused-ring (bicyclic) bond motifs is 1. The first-order valence-electron chi connectivity index (χ1n) is 7.74. The smallest absolute Gasteiger partial charge is 0.265 e. The van der Waals surface area contributed by atoms with E-state index in [4.69, 9.17) is 4.98 Å². The molecule has 1 amide bonds. The van der Waals surface area contributed by atoms with Crippen LogP contribution in [-0.4, -0.2) is 34.4 Å². The Morgan fingerprint density at radius 3 is 3.09 bits per heavy atom. The molecule has 1 aliphatic rings. The van der Waals surface area contributed by atoms with E-state index in [-0.39, 0.29) is 5.91 Å². The molecule has 0 unspecified atom stereocenters. The predicted octanol–water partition coefficient (Wildman–Crippen LogP) is 3.66. The van der Waals surface area contributed by atoms with Crippen molar-refractivity contribution < 1.29 is 4.79 Å². The topological polar surface area (TPSA) is 46.1 Å². The maximum atomic E-state index is 12.7. The predicted molar refractivity (Wildman–Crippen MR) is 91.0 cm³/mol.